The molecule has 154 valence electrons. The smallest absolute Gasteiger partial charge is 0.106 e. The lowest BCUT2D eigenvalue weighted by molar-refractivity contribution is -0.887. The normalized spacial score (nSPS) is 17.2. The van der Waals surface area contributed by atoms with E-state index in [1.807, 2.05) is 24.3 Å². The van der Waals surface area contributed by atoms with Gasteiger partial charge in [-0.15, -0.1) is 0 Å². The van der Waals surface area contributed by atoms with E-state index in [1.165, 1.54) is 10.6 Å². The number of aromatic carboxylic acids is 1. The average molecular weight is 402 g/mol. The van der Waals surface area contributed by atoms with Crippen molar-refractivity contribution in [3.05, 3.63) is 70.9 Å². The number of rotatable bonds is 5. The van der Waals surface area contributed by atoms with E-state index in [1.54, 1.807) is 0 Å². The molecule has 0 fully saturated rings. The molecule has 0 spiro atoms. The van der Waals surface area contributed by atoms with Gasteiger partial charge in [0.1, 0.15) is 13.1 Å². The molecule has 5 heteroatoms. The summed E-state index contributed by atoms with van der Waals surface area (Å²) in [5, 5.41) is 12.7. The van der Waals surface area contributed by atoms with Crippen LogP contribution < -0.4 is 14.9 Å². The van der Waals surface area contributed by atoms with Gasteiger partial charge in [-0.05, 0) is 43.7 Å². The van der Waals surface area contributed by atoms with Gasteiger partial charge in [0.05, 0.1) is 24.2 Å². The van der Waals surface area contributed by atoms with Crippen LogP contribution in [0.5, 0.6) is 0 Å². The van der Waals surface area contributed by atoms with Crippen molar-refractivity contribution in [1.29, 1.82) is 0 Å². The monoisotopic (exact) mass is 401 g/mol. The maximum atomic E-state index is 12.0. The van der Waals surface area contributed by atoms with E-state index in [0.717, 1.165) is 42.0 Å². The van der Waals surface area contributed by atoms with Crippen LogP contribution >= 0.6 is 0 Å². The van der Waals surface area contributed by atoms with Crippen LogP contribution in [0, 0.1) is 0 Å². The summed E-state index contributed by atoms with van der Waals surface area (Å²) in [6.07, 6.45) is 2.13. The number of hydrogen-bond acceptors (Lipinski definition) is 4. The van der Waals surface area contributed by atoms with Gasteiger partial charge in [0, 0.05) is 40.9 Å². The molecule has 3 aromatic rings. The molecule has 1 N–H and O–H groups in total. The van der Waals surface area contributed by atoms with Gasteiger partial charge in [0.25, 0.3) is 0 Å². The zero-order valence-corrected chi connectivity index (χ0v) is 17.7. The molecule has 2 aromatic carbocycles. The molecule has 1 aliphatic heterocycles. The van der Waals surface area contributed by atoms with E-state index in [-0.39, 0.29) is 5.56 Å². The van der Waals surface area contributed by atoms with Crippen LogP contribution in [0.2, 0.25) is 0 Å². The molecule has 30 heavy (non-hydrogen) atoms. The number of carboxylic acid groups (broad SMARTS) is 1. The number of hydrogen-bond donors (Lipinski definition) is 1. The number of quaternary nitrogens is 1. The van der Waals surface area contributed by atoms with E-state index in [0.29, 0.717) is 17.4 Å². The van der Waals surface area contributed by atoms with Crippen molar-refractivity contribution >= 4 is 34.2 Å². The standard InChI is InChI=1S/C25H27N3O2/c1-4-28(5-2)19-12-10-17(11-13-19)14-18-15-27(3)16-21-23(25(29)30)20-8-6-7-9-22(20)26-24(18)21/h6-14H,4-5,15-16H2,1-3H3,(H,29,30)/b18-14+. The molecule has 0 bridgehead atoms. The highest BCUT2D eigenvalue weighted by Gasteiger charge is 2.27. The maximum absolute atomic E-state index is 12.0. The number of carbonyl (C=O) groups excluding carboxylic acids is 1. The third kappa shape index (κ3) is 3.68. The lowest BCUT2D eigenvalue weighted by atomic mass is 9.92. The summed E-state index contributed by atoms with van der Waals surface area (Å²) in [5.74, 6) is -1.14. The van der Waals surface area contributed by atoms with Crippen LogP contribution in [0.3, 0.4) is 0 Å². The van der Waals surface area contributed by atoms with Crippen LogP contribution in [0.25, 0.3) is 22.6 Å². The first-order chi connectivity index (χ1) is 14.5. The third-order valence-electron chi connectivity index (χ3n) is 5.83. The second-order valence-electron chi connectivity index (χ2n) is 7.86. The van der Waals surface area contributed by atoms with Crippen LogP contribution in [0.1, 0.15) is 41.0 Å². The summed E-state index contributed by atoms with van der Waals surface area (Å²) in [6, 6.07) is 15.9. The number of carbonyl (C=O) groups is 1. The second-order valence-corrected chi connectivity index (χ2v) is 7.86. The predicted molar refractivity (Wildman–Crippen MR) is 119 cm³/mol. The molecule has 1 unspecified atom stereocenters. The summed E-state index contributed by atoms with van der Waals surface area (Å²) in [4.78, 5) is 20.4. The summed E-state index contributed by atoms with van der Waals surface area (Å²) in [6.45, 7) is 7.67. The summed E-state index contributed by atoms with van der Waals surface area (Å²) in [5.41, 5.74) is 5.87. The first-order valence-electron chi connectivity index (χ1n) is 10.5. The molecule has 0 amide bonds. The molecular formula is C25H27N3O2. The highest BCUT2D eigenvalue weighted by Crippen LogP contribution is 2.30. The first-order valence-corrected chi connectivity index (χ1v) is 10.5. The van der Waals surface area contributed by atoms with Crippen molar-refractivity contribution in [1.82, 2.24) is 4.98 Å². The van der Waals surface area contributed by atoms with Crippen LogP contribution in [0.15, 0.2) is 48.5 Å². The molecule has 1 aromatic heterocycles. The van der Waals surface area contributed by atoms with Crippen LogP contribution in [-0.4, -0.2) is 37.6 Å². The highest BCUT2D eigenvalue weighted by molar-refractivity contribution is 6.05. The van der Waals surface area contributed by atoms with E-state index in [9.17, 15) is 9.90 Å². The van der Waals surface area contributed by atoms with Gasteiger partial charge in [-0.1, -0.05) is 30.3 Å². The lowest BCUT2D eigenvalue weighted by Crippen LogP contribution is -3.08. The van der Waals surface area contributed by atoms with E-state index in [4.69, 9.17) is 4.98 Å². The number of pyridine rings is 1. The molecule has 0 saturated carbocycles. The number of nitrogens with one attached hydrogen (secondary N) is 1. The zero-order valence-electron chi connectivity index (χ0n) is 17.7. The Balaban J connectivity index is 1.83. The summed E-state index contributed by atoms with van der Waals surface area (Å²) >= 11 is 0. The minimum Gasteiger partial charge on any atom is -0.545 e. The molecule has 5 nitrogen and oxygen atoms in total. The fraction of sp³-hybridized carbons (Fsp3) is 0.280. The molecule has 2 heterocycles. The van der Waals surface area contributed by atoms with E-state index >= 15 is 0 Å². The quantitative estimate of drug-likeness (QED) is 0.711. The SMILES string of the molecule is CCN(CC)c1ccc(/C=C2\C[NH+](C)Cc3c2nc2ccccc2c3C(=O)[O-])cc1. The molecule has 0 radical (unpaired) electrons. The number of carboxylic acids is 1. The Bertz CT molecular complexity index is 1120. The van der Waals surface area contributed by atoms with Crippen molar-refractivity contribution in [3.63, 3.8) is 0 Å². The number of anilines is 1. The van der Waals surface area contributed by atoms with Crippen LogP contribution in [0.4, 0.5) is 5.69 Å². The van der Waals surface area contributed by atoms with Crippen LogP contribution in [-0.2, 0) is 6.54 Å². The molecule has 1 atom stereocenters. The van der Waals surface area contributed by atoms with Gasteiger partial charge in [-0.25, -0.2) is 4.98 Å². The lowest BCUT2D eigenvalue weighted by Gasteiger charge is -2.27. The number of nitrogens with zero attached hydrogens (tertiary/aromatic N) is 2. The molecule has 1 aliphatic rings. The van der Waals surface area contributed by atoms with Crippen molar-refractivity contribution in [2.75, 3.05) is 31.6 Å². The van der Waals surface area contributed by atoms with Crippen molar-refractivity contribution in [2.24, 2.45) is 0 Å². The minimum absolute atomic E-state index is 0.275. The van der Waals surface area contributed by atoms with Gasteiger partial charge in [-0.3, -0.25) is 0 Å². The summed E-state index contributed by atoms with van der Waals surface area (Å²) < 4.78 is 0. The zero-order chi connectivity index (χ0) is 21.3. The van der Waals surface area contributed by atoms with Gasteiger partial charge >= 0.3 is 0 Å². The Hall–Kier alpha value is -3.18. The predicted octanol–water partition coefficient (Wildman–Crippen LogP) is 2.01. The Labute approximate surface area is 177 Å². The summed E-state index contributed by atoms with van der Waals surface area (Å²) in [7, 11) is 2.08. The topological polar surface area (TPSA) is 60.7 Å². The Kier molecular flexibility index (Phi) is 5.55. The highest BCUT2D eigenvalue weighted by atomic mass is 16.4. The van der Waals surface area contributed by atoms with Gasteiger partial charge in [0.2, 0.25) is 0 Å². The Morgan fingerprint density at radius 2 is 1.80 bits per heavy atom. The number of aromatic nitrogens is 1. The fourth-order valence-electron chi connectivity index (χ4n) is 4.39. The van der Waals surface area contributed by atoms with Crippen molar-refractivity contribution in [3.8, 4) is 0 Å². The van der Waals surface area contributed by atoms with Crippen molar-refractivity contribution in [2.45, 2.75) is 20.4 Å². The molecular weight excluding hydrogens is 374 g/mol. The fourth-order valence-corrected chi connectivity index (χ4v) is 4.39. The number of benzene rings is 2. The largest absolute Gasteiger partial charge is 0.545 e. The number of likely N-dealkylation sites (N-methyl/N-ethyl adjacent to an activating group) is 1. The van der Waals surface area contributed by atoms with Gasteiger partial charge < -0.3 is 19.7 Å². The number of fused-ring (bicyclic) bond motifs is 2. The maximum Gasteiger partial charge on any atom is 0.106 e. The number of para-hydroxylation sites is 1. The minimum atomic E-state index is -1.14. The Morgan fingerprint density at radius 1 is 1.10 bits per heavy atom. The molecule has 0 aliphatic carbocycles. The molecule has 0 saturated heterocycles. The Morgan fingerprint density at radius 3 is 2.47 bits per heavy atom. The molecule has 4 rings (SSSR count). The van der Waals surface area contributed by atoms with E-state index < -0.39 is 5.97 Å². The van der Waals surface area contributed by atoms with Crippen molar-refractivity contribution < 1.29 is 14.8 Å². The van der Waals surface area contributed by atoms with Gasteiger partial charge in [-0.2, -0.15) is 0 Å². The first kappa shape index (κ1) is 20.1. The average Bonchev–Trinajstić information content (AvgIpc) is 2.74. The third-order valence-corrected chi connectivity index (χ3v) is 5.83. The van der Waals surface area contributed by atoms with Gasteiger partial charge in [0.15, 0.2) is 0 Å². The second kappa shape index (κ2) is 8.28. The van der Waals surface area contributed by atoms with E-state index in [2.05, 4.69) is 56.1 Å².